The van der Waals surface area contributed by atoms with Gasteiger partial charge in [0.15, 0.2) is 0 Å². The molecule has 4 amide bonds. The molecule has 6 nitrogen and oxygen atoms in total. The molecular weight excluding hydrogens is 505 g/mol. The average Bonchev–Trinajstić information content (AvgIpc) is 3.25. The van der Waals surface area contributed by atoms with Crippen LogP contribution in [0.1, 0.15) is 54.4 Å². The molecule has 176 valence electrons. The molecule has 0 saturated carbocycles. The summed E-state index contributed by atoms with van der Waals surface area (Å²) in [5, 5.41) is 2.25. The summed E-state index contributed by atoms with van der Waals surface area (Å²) in [6.45, 7) is 9.07. The number of anilines is 3. The van der Waals surface area contributed by atoms with Crippen molar-refractivity contribution in [3.05, 3.63) is 80.8 Å². The van der Waals surface area contributed by atoms with Gasteiger partial charge in [-0.1, -0.05) is 0 Å². The van der Waals surface area contributed by atoms with E-state index in [-0.39, 0.29) is 30.9 Å². The molecule has 35 heavy (non-hydrogen) atoms. The Morgan fingerprint density at radius 2 is 1.49 bits per heavy atom. The van der Waals surface area contributed by atoms with Crippen LogP contribution in [0, 0.1) is 0 Å². The Bertz CT molecular complexity index is 1510. The van der Waals surface area contributed by atoms with Gasteiger partial charge in [-0.2, -0.15) is 0 Å². The summed E-state index contributed by atoms with van der Waals surface area (Å²) in [4.78, 5) is 40.4. The van der Waals surface area contributed by atoms with Gasteiger partial charge >= 0.3 is 210 Å². The third-order valence-electron chi connectivity index (χ3n) is 7.62. The topological polar surface area (TPSA) is 69.7 Å². The number of hydrogen-bond acceptors (Lipinski definition) is 4. The molecule has 1 N–H and O–H groups in total. The zero-order chi connectivity index (χ0) is 24.9. The van der Waals surface area contributed by atoms with E-state index in [4.69, 9.17) is 0 Å². The Labute approximate surface area is 210 Å². The molecule has 4 heterocycles. The number of barbiturate groups is 1. The Morgan fingerprint density at radius 1 is 0.857 bits per heavy atom. The van der Waals surface area contributed by atoms with E-state index in [1.165, 1.54) is 45.2 Å². The van der Waals surface area contributed by atoms with Gasteiger partial charge in [0, 0.05) is 0 Å². The van der Waals surface area contributed by atoms with Gasteiger partial charge in [-0.25, -0.2) is 0 Å². The number of nitrogens with one attached hydrogen (secondary N) is 1. The first-order valence-corrected chi connectivity index (χ1v) is 13.3. The molecule has 0 atom stereocenters. The Balaban J connectivity index is 1.59. The van der Waals surface area contributed by atoms with Crippen LogP contribution >= 0.6 is 0 Å². The van der Waals surface area contributed by atoms with Gasteiger partial charge in [0.25, 0.3) is 0 Å². The summed E-state index contributed by atoms with van der Waals surface area (Å²) in [6, 6.07) is 16.6. The zero-order valence-electron chi connectivity index (χ0n) is 20.2. The molecule has 3 aromatic rings. The molecule has 0 radical (unpaired) electrons. The molecule has 0 bridgehead atoms. The van der Waals surface area contributed by atoms with Crippen LogP contribution in [0.2, 0.25) is 0 Å². The van der Waals surface area contributed by atoms with Crippen molar-refractivity contribution in [1.29, 1.82) is 0 Å². The summed E-state index contributed by atoms with van der Waals surface area (Å²) in [7, 11) is 1.38. The number of nitrogens with zero attached hydrogens (tertiary/aromatic N) is 2. The standard InChI is InChI=1S/C28H25N3O3Se/c1-27(2)17-9-6-7-12-21(17)31-22-18(27)10-8-11-19(22)28(3,4)20-14-15(35-25(20)31)13-16-23(32)29-26(34)30(5)24(16)33/h6-14H,1-5H3,(H,29,32,34)/b16-13-. The summed E-state index contributed by atoms with van der Waals surface area (Å²) in [6.07, 6.45) is 1.67. The van der Waals surface area contributed by atoms with E-state index in [9.17, 15) is 14.4 Å². The SMILES string of the molecule is CN1C(=O)NC(=O)/C(=C/c2cc3c([se]2)N2c4ccccc4C(C)(C)c4cccc(c42)C3(C)C)C1=O. The number of urea groups is 1. The van der Waals surface area contributed by atoms with Crippen molar-refractivity contribution in [1.82, 2.24) is 10.2 Å². The first kappa shape index (κ1) is 22.1. The number of carbonyl (C=O) groups excluding carboxylic acids is 3. The second-order valence-electron chi connectivity index (χ2n) is 10.4. The molecule has 7 heteroatoms. The fourth-order valence-corrected chi connectivity index (χ4v) is 8.27. The Morgan fingerprint density at radius 3 is 2.20 bits per heavy atom. The Hall–Kier alpha value is -3.41. The molecule has 1 aromatic heterocycles. The summed E-state index contributed by atoms with van der Waals surface area (Å²) in [5.41, 5.74) is 7.11. The number of amides is 4. The van der Waals surface area contributed by atoms with Crippen LogP contribution in [0.3, 0.4) is 0 Å². The van der Waals surface area contributed by atoms with E-state index in [1.807, 2.05) is 0 Å². The number of imide groups is 2. The van der Waals surface area contributed by atoms with E-state index in [1.54, 1.807) is 6.08 Å². The van der Waals surface area contributed by atoms with Gasteiger partial charge in [-0.05, 0) is 0 Å². The van der Waals surface area contributed by atoms with E-state index < -0.39 is 17.8 Å². The minimum atomic E-state index is -0.697. The molecule has 0 spiro atoms. The maximum absolute atomic E-state index is 12.7. The third kappa shape index (κ3) is 2.85. The Kier molecular flexibility index (Phi) is 4.45. The monoisotopic (exact) mass is 531 g/mol. The number of hydrogen-bond donors (Lipinski definition) is 1. The van der Waals surface area contributed by atoms with Gasteiger partial charge in [0.1, 0.15) is 0 Å². The van der Waals surface area contributed by atoms with Crippen molar-refractivity contribution in [2.75, 3.05) is 11.9 Å². The maximum atomic E-state index is 12.7. The van der Waals surface area contributed by atoms with Crippen molar-refractivity contribution in [2.45, 2.75) is 38.5 Å². The third-order valence-corrected chi connectivity index (χ3v) is 9.86. The van der Waals surface area contributed by atoms with E-state index in [0.29, 0.717) is 0 Å². The minimum absolute atomic E-state index is 0.00346. The van der Waals surface area contributed by atoms with Crippen molar-refractivity contribution in [2.24, 2.45) is 0 Å². The number of benzene rings is 2. The quantitative estimate of drug-likeness (QED) is 0.284. The molecule has 1 saturated heterocycles. The normalized spacial score (nSPS) is 20.4. The fourth-order valence-electron chi connectivity index (χ4n) is 5.58. The number of carbonyl (C=O) groups is 3. The summed E-state index contributed by atoms with van der Waals surface area (Å²) in [5.74, 6) is -1.22. The van der Waals surface area contributed by atoms with E-state index >= 15 is 0 Å². The van der Waals surface area contributed by atoms with Gasteiger partial charge in [-0.3, -0.25) is 0 Å². The summed E-state index contributed by atoms with van der Waals surface area (Å²) < 4.78 is 2.17. The van der Waals surface area contributed by atoms with Crippen molar-refractivity contribution in [3.8, 4) is 0 Å². The van der Waals surface area contributed by atoms with E-state index in [0.717, 1.165) is 9.34 Å². The fraction of sp³-hybridized carbons (Fsp3) is 0.250. The molecule has 6 rings (SSSR count). The predicted molar refractivity (Wildman–Crippen MR) is 137 cm³/mol. The van der Waals surface area contributed by atoms with Crippen LogP contribution in [0.5, 0.6) is 0 Å². The molecule has 2 aromatic carbocycles. The number of likely N-dealkylation sites (N-methyl/N-ethyl adjacent to an activating group) is 1. The van der Waals surface area contributed by atoms with Crippen LogP contribution in [-0.2, 0) is 20.4 Å². The predicted octanol–water partition coefficient (Wildman–Crippen LogP) is 4.58. The van der Waals surface area contributed by atoms with Crippen LogP contribution in [0.4, 0.5) is 20.7 Å². The van der Waals surface area contributed by atoms with Crippen LogP contribution < -0.4 is 10.2 Å². The zero-order valence-corrected chi connectivity index (χ0v) is 21.9. The van der Waals surface area contributed by atoms with Gasteiger partial charge in [0.2, 0.25) is 0 Å². The first-order chi connectivity index (χ1) is 16.5. The van der Waals surface area contributed by atoms with Crippen molar-refractivity contribution >= 4 is 54.4 Å². The first-order valence-electron chi connectivity index (χ1n) is 11.6. The van der Waals surface area contributed by atoms with Gasteiger partial charge in [0.05, 0.1) is 0 Å². The van der Waals surface area contributed by atoms with Crippen LogP contribution in [-0.4, -0.2) is 44.3 Å². The number of rotatable bonds is 1. The number of fused-ring (bicyclic) bond motifs is 4. The second-order valence-corrected chi connectivity index (χ2v) is 12.6. The molecule has 0 unspecified atom stereocenters. The van der Waals surface area contributed by atoms with Crippen LogP contribution in [0.25, 0.3) is 6.08 Å². The molecule has 1 fully saturated rings. The van der Waals surface area contributed by atoms with E-state index in [2.05, 4.69) is 86.4 Å². The number of para-hydroxylation sites is 2. The van der Waals surface area contributed by atoms with Crippen LogP contribution in [0.15, 0.2) is 54.1 Å². The summed E-state index contributed by atoms with van der Waals surface area (Å²) >= 11 is -0.139. The van der Waals surface area contributed by atoms with Crippen molar-refractivity contribution in [3.63, 3.8) is 0 Å². The molecule has 3 aliphatic heterocycles. The van der Waals surface area contributed by atoms with Gasteiger partial charge < -0.3 is 0 Å². The molecular formula is C28H25N3O3Se. The van der Waals surface area contributed by atoms with Crippen molar-refractivity contribution < 1.29 is 14.4 Å². The molecule has 0 aliphatic carbocycles. The second kappa shape index (κ2) is 7.06. The molecule has 3 aliphatic rings. The average molecular weight is 530 g/mol. The van der Waals surface area contributed by atoms with Gasteiger partial charge in [-0.15, -0.1) is 0 Å².